The van der Waals surface area contributed by atoms with Crippen LogP contribution in [0.25, 0.3) is 0 Å². The third-order valence-corrected chi connectivity index (χ3v) is 7.94. The minimum Gasteiger partial charge on any atom is -0.507 e. The van der Waals surface area contributed by atoms with Crippen molar-refractivity contribution in [2.75, 3.05) is 0 Å². The molecule has 132 valence electrons. The highest BCUT2D eigenvalue weighted by atomic mass is 32.1. The Bertz CT molecular complexity index is 703. The lowest BCUT2D eigenvalue weighted by Crippen LogP contribution is -2.35. The number of rotatable bonds is 2. The predicted molar refractivity (Wildman–Crippen MR) is 104 cm³/mol. The van der Waals surface area contributed by atoms with Crippen LogP contribution in [0, 0.1) is 16.7 Å². The Morgan fingerprint density at radius 1 is 1.12 bits per heavy atom. The lowest BCUT2D eigenvalue weighted by atomic mass is 9.63. The smallest absolute Gasteiger partial charge is 0.123 e. The van der Waals surface area contributed by atoms with E-state index in [1.165, 1.54) is 43.2 Å². The van der Waals surface area contributed by atoms with Crippen LogP contribution in [0.2, 0.25) is 0 Å². The largest absolute Gasteiger partial charge is 0.507 e. The summed E-state index contributed by atoms with van der Waals surface area (Å²) in [5.41, 5.74) is 4.69. The summed E-state index contributed by atoms with van der Waals surface area (Å²) in [5.74, 6) is 1.99. The van der Waals surface area contributed by atoms with Crippen molar-refractivity contribution in [3.63, 3.8) is 0 Å². The fourth-order valence-corrected chi connectivity index (χ4v) is 7.27. The molecule has 4 aliphatic rings. The van der Waals surface area contributed by atoms with Gasteiger partial charge in [-0.1, -0.05) is 46.8 Å². The fraction of sp³-hybridized carbons (Fsp3) is 0.727. The number of hydrogen-bond donors (Lipinski definition) is 2. The summed E-state index contributed by atoms with van der Waals surface area (Å²) in [6, 6.07) is 4.52. The van der Waals surface area contributed by atoms with Gasteiger partial charge in [-0.05, 0) is 59.8 Å². The van der Waals surface area contributed by atoms with Crippen LogP contribution in [-0.4, -0.2) is 5.11 Å². The number of phenolic OH excluding ortho intramolecular Hbond substituents is 1. The normalized spacial score (nSPS) is 40.5. The molecule has 0 saturated heterocycles. The molecule has 2 heteroatoms. The van der Waals surface area contributed by atoms with E-state index in [2.05, 4.69) is 59.4 Å². The van der Waals surface area contributed by atoms with Crippen molar-refractivity contribution in [1.29, 1.82) is 0 Å². The zero-order valence-electron chi connectivity index (χ0n) is 15.9. The molecule has 0 amide bonds. The summed E-state index contributed by atoms with van der Waals surface area (Å²) in [7, 11) is 0. The van der Waals surface area contributed by atoms with Crippen molar-refractivity contribution in [2.24, 2.45) is 16.7 Å². The summed E-state index contributed by atoms with van der Waals surface area (Å²) < 4.78 is 0. The lowest BCUT2D eigenvalue weighted by molar-refractivity contribution is 0.142. The van der Waals surface area contributed by atoms with Crippen molar-refractivity contribution < 1.29 is 5.11 Å². The summed E-state index contributed by atoms with van der Waals surface area (Å²) in [4.78, 5) is 0. The molecule has 5 rings (SSSR count). The Balaban J connectivity index is 1.94. The SMILES string of the molecule is CC12CC3CC(C)(C1)C(c1cc(C(C)(C)C)cc(CS)c1O)(C3)C2. The minimum absolute atomic E-state index is 0.0945. The van der Waals surface area contributed by atoms with Gasteiger partial charge in [0.25, 0.3) is 0 Å². The minimum atomic E-state index is 0.0945. The van der Waals surface area contributed by atoms with Crippen molar-refractivity contribution in [2.45, 2.75) is 83.3 Å². The molecular formula is C22H32OS. The van der Waals surface area contributed by atoms with Crippen LogP contribution < -0.4 is 0 Å². The molecule has 4 fully saturated rings. The van der Waals surface area contributed by atoms with Crippen molar-refractivity contribution in [1.82, 2.24) is 0 Å². The average Bonchev–Trinajstić information content (AvgIpc) is 2.73. The van der Waals surface area contributed by atoms with Crippen LogP contribution in [0.4, 0.5) is 0 Å². The van der Waals surface area contributed by atoms with E-state index < -0.39 is 0 Å². The monoisotopic (exact) mass is 344 g/mol. The van der Waals surface area contributed by atoms with E-state index in [4.69, 9.17) is 0 Å². The van der Waals surface area contributed by atoms with Gasteiger partial charge < -0.3 is 5.11 Å². The number of aromatic hydroxyl groups is 1. The van der Waals surface area contributed by atoms with E-state index in [9.17, 15) is 5.11 Å². The molecule has 0 radical (unpaired) electrons. The number of phenols is 1. The van der Waals surface area contributed by atoms with Gasteiger partial charge in [0.05, 0.1) is 0 Å². The second-order valence-electron chi connectivity index (χ2n) is 10.7. The van der Waals surface area contributed by atoms with E-state index in [0.29, 0.717) is 22.3 Å². The van der Waals surface area contributed by atoms with E-state index in [0.717, 1.165) is 11.5 Å². The zero-order chi connectivity index (χ0) is 17.5. The third kappa shape index (κ3) is 2.08. The maximum Gasteiger partial charge on any atom is 0.123 e. The van der Waals surface area contributed by atoms with Gasteiger partial charge in [-0.3, -0.25) is 0 Å². The van der Waals surface area contributed by atoms with Gasteiger partial charge in [0.15, 0.2) is 0 Å². The van der Waals surface area contributed by atoms with Crippen molar-refractivity contribution in [3.8, 4) is 5.75 Å². The highest BCUT2D eigenvalue weighted by Crippen LogP contribution is 2.77. The first-order chi connectivity index (χ1) is 11.0. The molecule has 4 aliphatic carbocycles. The molecule has 1 nitrogen and oxygen atoms in total. The van der Waals surface area contributed by atoms with E-state index in [1.807, 2.05) is 0 Å². The molecular weight excluding hydrogens is 312 g/mol. The Labute approximate surface area is 152 Å². The van der Waals surface area contributed by atoms with Gasteiger partial charge in [-0.15, -0.1) is 0 Å². The molecule has 24 heavy (non-hydrogen) atoms. The Morgan fingerprint density at radius 2 is 1.83 bits per heavy atom. The number of thiol groups is 1. The van der Waals surface area contributed by atoms with Crippen LogP contribution in [0.1, 0.15) is 83.4 Å². The van der Waals surface area contributed by atoms with E-state index >= 15 is 0 Å². The van der Waals surface area contributed by atoms with Crippen LogP contribution in [-0.2, 0) is 16.6 Å². The highest BCUT2D eigenvalue weighted by Gasteiger charge is 2.69. The molecule has 4 unspecified atom stereocenters. The first-order valence-corrected chi connectivity index (χ1v) is 10.1. The maximum absolute atomic E-state index is 11.1. The topological polar surface area (TPSA) is 20.2 Å². The first-order valence-electron chi connectivity index (χ1n) is 9.50. The van der Waals surface area contributed by atoms with E-state index in [1.54, 1.807) is 0 Å². The van der Waals surface area contributed by atoms with Crippen LogP contribution in [0.5, 0.6) is 5.75 Å². The summed E-state index contributed by atoms with van der Waals surface area (Å²) in [6.45, 7) is 11.8. The molecule has 1 aromatic carbocycles. The molecule has 0 heterocycles. The second-order valence-corrected chi connectivity index (χ2v) is 11.0. The standard InChI is InChI=1S/C22H32OS/c1-19(2,3)16-6-15(11-24)18(23)17(7-16)22-10-14-8-20(4,13-22)12-21(22,5)9-14/h6-7,14,23-24H,8-13H2,1-5H3. The van der Waals surface area contributed by atoms with Crippen molar-refractivity contribution >= 4 is 12.6 Å². The predicted octanol–water partition coefficient (Wildman–Crippen LogP) is 5.98. The number of hydrogen-bond acceptors (Lipinski definition) is 2. The van der Waals surface area contributed by atoms with Gasteiger partial charge in [-0.25, -0.2) is 0 Å². The summed E-state index contributed by atoms with van der Waals surface area (Å²) in [6.07, 6.45) is 6.58. The Morgan fingerprint density at radius 3 is 2.42 bits per heavy atom. The van der Waals surface area contributed by atoms with Crippen LogP contribution in [0.15, 0.2) is 12.1 Å². The fourth-order valence-electron chi connectivity index (χ4n) is 7.03. The molecule has 4 bridgehead atoms. The summed E-state index contributed by atoms with van der Waals surface area (Å²) >= 11 is 4.51. The maximum atomic E-state index is 11.1. The van der Waals surface area contributed by atoms with Gasteiger partial charge >= 0.3 is 0 Å². The Kier molecular flexibility index (Phi) is 3.33. The van der Waals surface area contributed by atoms with E-state index in [-0.39, 0.29) is 10.8 Å². The number of benzene rings is 1. The summed E-state index contributed by atoms with van der Waals surface area (Å²) in [5, 5.41) is 11.1. The van der Waals surface area contributed by atoms with Gasteiger partial charge in [0.2, 0.25) is 0 Å². The van der Waals surface area contributed by atoms with Crippen LogP contribution >= 0.6 is 12.6 Å². The Hall–Kier alpha value is -0.630. The molecule has 0 aromatic heterocycles. The quantitative estimate of drug-likeness (QED) is 0.633. The molecule has 1 N–H and O–H groups in total. The molecule has 4 atom stereocenters. The average molecular weight is 345 g/mol. The lowest BCUT2D eigenvalue weighted by Gasteiger charge is -2.41. The molecule has 4 saturated carbocycles. The van der Waals surface area contributed by atoms with Crippen LogP contribution in [0.3, 0.4) is 0 Å². The molecule has 0 spiro atoms. The zero-order valence-corrected chi connectivity index (χ0v) is 16.8. The second kappa shape index (κ2) is 4.75. The third-order valence-electron chi connectivity index (χ3n) is 7.60. The molecule has 0 aliphatic heterocycles. The highest BCUT2D eigenvalue weighted by molar-refractivity contribution is 7.79. The van der Waals surface area contributed by atoms with Gasteiger partial charge in [0.1, 0.15) is 5.75 Å². The van der Waals surface area contributed by atoms with Crippen molar-refractivity contribution in [3.05, 3.63) is 28.8 Å². The molecule has 1 aromatic rings. The van der Waals surface area contributed by atoms with Gasteiger partial charge in [-0.2, -0.15) is 12.6 Å². The first kappa shape index (κ1) is 16.8. The van der Waals surface area contributed by atoms with Gasteiger partial charge in [0, 0.05) is 22.3 Å².